The second-order valence-electron chi connectivity index (χ2n) is 3.98. The topological polar surface area (TPSA) is 68.0 Å². The number of hydrogen-bond donors (Lipinski definition) is 2. The van der Waals surface area contributed by atoms with Gasteiger partial charge in [0.2, 0.25) is 5.91 Å². The first kappa shape index (κ1) is 15.8. The molecule has 1 atom stereocenters. The van der Waals surface area contributed by atoms with Crippen LogP contribution in [0.15, 0.2) is 18.3 Å². The molecule has 1 rings (SSSR count). The van der Waals surface area contributed by atoms with E-state index in [1.165, 1.54) is 12.1 Å². The van der Waals surface area contributed by atoms with Crippen molar-refractivity contribution in [1.82, 2.24) is 4.98 Å². The summed E-state index contributed by atoms with van der Waals surface area (Å²) in [7, 11) is 0. The summed E-state index contributed by atoms with van der Waals surface area (Å²) in [5.74, 6) is -0.449. The third-order valence-corrected chi connectivity index (χ3v) is 2.26. The molecular formula is C11H17ClFN3O. The van der Waals surface area contributed by atoms with E-state index in [2.05, 4.69) is 10.3 Å². The zero-order chi connectivity index (χ0) is 12.2. The molecule has 1 heterocycles. The Morgan fingerprint density at radius 2 is 2.24 bits per heavy atom. The molecule has 0 saturated heterocycles. The summed E-state index contributed by atoms with van der Waals surface area (Å²) in [6.07, 6.45) is 2.45. The average molecular weight is 262 g/mol. The van der Waals surface area contributed by atoms with Crippen LogP contribution in [-0.4, -0.2) is 16.4 Å². The Balaban J connectivity index is 0.00000256. The summed E-state index contributed by atoms with van der Waals surface area (Å²) in [5, 5.41) is 2.55. The Morgan fingerprint density at radius 1 is 1.59 bits per heavy atom. The van der Waals surface area contributed by atoms with Crippen LogP contribution in [0.5, 0.6) is 0 Å². The SMILES string of the molecule is CCCC(C)(N)C(=O)Nc1ccc(F)cn1.Cl. The van der Waals surface area contributed by atoms with E-state index in [9.17, 15) is 9.18 Å². The number of nitrogens with zero attached hydrogens (tertiary/aromatic N) is 1. The first-order valence-electron chi connectivity index (χ1n) is 5.17. The predicted octanol–water partition coefficient (Wildman–Crippen LogP) is 2.10. The van der Waals surface area contributed by atoms with Gasteiger partial charge >= 0.3 is 0 Å². The monoisotopic (exact) mass is 261 g/mol. The highest BCUT2D eigenvalue weighted by Gasteiger charge is 2.27. The average Bonchev–Trinajstić information content (AvgIpc) is 2.21. The summed E-state index contributed by atoms with van der Waals surface area (Å²) in [6, 6.07) is 2.63. The maximum atomic E-state index is 12.6. The van der Waals surface area contributed by atoms with Crippen LogP contribution in [0.4, 0.5) is 10.2 Å². The quantitative estimate of drug-likeness (QED) is 0.872. The number of pyridine rings is 1. The van der Waals surface area contributed by atoms with Crippen molar-refractivity contribution in [2.24, 2.45) is 5.73 Å². The number of rotatable bonds is 4. The van der Waals surface area contributed by atoms with E-state index in [1.807, 2.05) is 6.92 Å². The van der Waals surface area contributed by atoms with E-state index < -0.39 is 11.4 Å². The highest BCUT2D eigenvalue weighted by molar-refractivity contribution is 5.96. The van der Waals surface area contributed by atoms with Gasteiger partial charge in [0.25, 0.3) is 0 Å². The summed E-state index contributed by atoms with van der Waals surface area (Å²) in [4.78, 5) is 15.5. The van der Waals surface area contributed by atoms with Crippen molar-refractivity contribution in [3.63, 3.8) is 0 Å². The molecule has 3 N–H and O–H groups in total. The summed E-state index contributed by atoms with van der Waals surface area (Å²) < 4.78 is 12.6. The van der Waals surface area contributed by atoms with Crippen LogP contribution in [0.25, 0.3) is 0 Å². The molecule has 0 spiro atoms. The lowest BCUT2D eigenvalue weighted by Gasteiger charge is -2.22. The minimum atomic E-state index is -0.926. The molecular weight excluding hydrogens is 245 g/mol. The zero-order valence-electron chi connectivity index (χ0n) is 9.87. The number of hydrogen-bond acceptors (Lipinski definition) is 3. The molecule has 0 aliphatic rings. The van der Waals surface area contributed by atoms with Gasteiger partial charge in [-0.15, -0.1) is 12.4 Å². The van der Waals surface area contributed by atoms with Crippen LogP contribution >= 0.6 is 12.4 Å². The number of amides is 1. The Bertz CT molecular complexity index is 367. The standard InChI is InChI=1S/C11H16FN3O.ClH/c1-3-6-11(2,13)10(16)15-9-5-4-8(12)7-14-9;/h4-5,7H,3,6,13H2,1-2H3,(H,14,15,16);1H. The van der Waals surface area contributed by atoms with Crippen LogP contribution in [0.3, 0.4) is 0 Å². The summed E-state index contributed by atoms with van der Waals surface area (Å²) in [5.41, 5.74) is 4.91. The Labute approximate surface area is 106 Å². The maximum Gasteiger partial charge on any atom is 0.245 e. The van der Waals surface area contributed by atoms with Crippen molar-refractivity contribution in [2.45, 2.75) is 32.2 Å². The van der Waals surface area contributed by atoms with Crippen LogP contribution < -0.4 is 11.1 Å². The minimum absolute atomic E-state index is 0. The van der Waals surface area contributed by atoms with Gasteiger partial charge in [-0.2, -0.15) is 0 Å². The van der Waals surface area contributed by atoms with Crippen LogP contribution in [0.2, 0.25) is 0 Å². The number of anilines is 1. The summed E-state index contributed by atoms with van der Waals surface area (Å²) >= 11 is 0. The largest absolute Gasteiger partial charge is 0.318 e. The number of nitrogens with two attached hydrogens (primary N) is 1. The van der Waals surface area contributed by atoms with Crippen molar-refractivity contribution < 1.29 is 9.18 Å². The van der Waals surface area contributed by atoms with E-state index in [0.29, 0.717) is 12.2 Å². The number of aromatic nitrogens is 1. The van der Waals surface area contributed by atoms with Crippen molar-refractivity contribution in [3.05, 3.63) is 24.1 Å². The van der Waals surface area contributed by atoms with Gasteiger partial charge < -0.3 is 11.1 Å². The van der Waals surface area contributed by atoms with Gasteiger partial charge in [0, 0.05) is 0 Å². The van der Waals surface area contributed by atoms with Gasteiger partial charge in [-0.3, -0.25) is 4.79 Å². The van der Waals surface area contributed by atoms with Crippen LogP contribution in [-0.2, 0) is 4.79 Å². The highest BCUT2D eigenvalue weighted by Crippen LogP contribution is 2.12. The van der Waals surface area contributed by atoms with Crippen molar-refractivity contribution in [2.75, 3.05) is 5.32 Å². The minimum Gasteiger partial charge on any atom is -0.318 e. The lowest BCUT2D eigenvalue weighted by Crippen LogP contribution is -2.48. The molecule has 0 aromatic carbocycles. The van der Waals surface area contributed by atoms with E-state index in [1.54, 1.807) is 6.92 Å². The number of nitrogens with one attached hydrogen (secondary N) is 1. The van der Waals surface area contributed by atoms with Crippen molar-refractivity contribution >= 4 is 24.1 Å². The molecule has 0 fully saturated rings. The fourth-order valence-corrected chi connectivity index (χ4v) is 1.34. The Hall–Kier alpha value is -1.20. The first-order valence-corrected chi connectivity index (χ1v) is 5.17. The fourth-order valence-electron chi connectivity index (χ4n) is 1.34. The van der Waals surface area contributed by atoms with Crippen molar-refractivity contribution in [3.8, 4) is 0 Å². The van der Waals surface area contributed by atoms with Gasteiger partial charge in [0.05, 0.1) is 11.7 Å². The molecule has 0 aliphatic heterocycles. The molecule has 96 valence electrons. The Kier molecular flexibility index (Phi) is 6.05. The normalized spacial score (nSPS) is 13.4. The lowest BCUT2D eigenvalue weighted by molar-refractivity contribution is -0.120. The van der Waals surface area contributed by atoms with E-state index in [-0.39, 0.29) is 18.3 Å². The molecule has 1 aromatic rings. The Morgan fingerprint density at radius 3 is 2.71 bits per heavy atom. The molecule has 1 amide bonds. The van der Waals surface area contributed by atoms with Crippen LogP contribution in [0.1, 0.15) is 26.7 Å². The van der Waals surface area contributed by atoms with Gasteiger partial charge in [-0.1, -0.05) is 13.3 Å². The molecule has 6 heteroatoms. The van der Waals surface area contributed by atoms with Crippen LogP contribution in [0, 0.1) is 5.82 Å². The van der Waals surface area contributed by atoms with E-state index >= 15 is 0 Å². The van der Waals surface area contributed by atoms with E-state index in [4.69, 9.17) is 5.73 Å². The molecule has 17 heavy (non-hydrogen) atoms. The maximum absolute atomic E-state index is 12.6. The molecule has 1 aromatic heterocycles. The molecule has 4 nitrogen and oxygen atoms in total. The van der Waals surface area contributed by atoms with Gasteiger partial charge in [-0.25, -0.2) is 9.37 Å². The molecule has 0 saturated carbocycles. The van der Waals surface area contributed by atoms with Gasteiger partial charge in [0.15, 0.2) is 0 Å². The second kappa shape index (κ2) is 6.51. The lowest BCUT2D eigenvalue weighted by atomic mass is 9.96. The fraction of sp³-hybridized carbons (Fsp3) is 0.455. The number of halogens is 2. The molecule has 0 aliphatic carbocycles. The molecule has 0 bridgehead atoms. The van der Waals surface area contributed by atoms with Gasteiger partial charge in [0.1, 0.15) is 11.6 Å². The molecule has 1 unspecified atom stereocenters. The number of carbonyl (C=O) groups excluding carboxylic acids is 1. The smallest absolute Gasteiger partial charge is 0.245 e. The second-order valence-corrected chi connectivity index (χ2v) is 3.98. The molecule has 0 radical (unpaired) electrons. The van der Waals surface area contributed by atoms with E-state index in [0.717, 1.165) is 12.6 Å². The zero-order valence-corrected chi connectivity index (χ0v) is 10.7. The predicted molar refractivity (Wildman–Crippen MR) is 67.6 cm³/mol. The highest BCUT2D eigenvalue weighted by atomic mass is 35.5. The summed E-state index contributed by atoms with van der Waals surface area (Å²) in [6.45, 7) is 3.61. The van der Waals surface area contributed by atoms with Crippen molar-refractivity contribution in [1.29, 1.82) is 0 Å². The third kappa shape index (κ3) is 4.66. The first-order chi connectivity index (χ1) is 7.45. The number of carbonyl (C=O) groups is 1. The van der Waals surface area contributed by atoms with Gasteiger partial charge in [-0.05, 0) is 25.5 Å². The third-order valence-electron chi connectivity index (χ3n) is 2.26.